The number of nitrogens with one attached hydrogen (secondary N) is 1. The Morgan fingerprint density at radius 3 is 3.00 bits per heavy atom. The summed E-state index contributed by atoms with van der Waals surface area (Å²) in [7, 11) is 0. The molecule has 1 rings (SSSR count). The van der Waals surface area contributed by atoms with E-state index in [0.717, 1.165) is 6.42 Å². The smallest absolute Gasteiger partial charge is 0.229 e. The van der Waals surface area contributed by atoms with Crippen molar-refractivity contribution in [2.75, 3.05) is 19.8 Å². The Balaban J connectivity index is 2.39. The maximum absolute atomic E-state index is 11.8. The first-order chi connectivity index (χ1) is 7.11. The predicted octanol–water partition coefficient (Wildman–Crippen LogP) is 0.433. The summed E-state index contributed by atoms with van der Waals surface area (Å²) in [5.41, 5.74) is 5.29. The van der Waals surface area contributed by atoms with Crippen molar-refractivity contribution < 1.29 is 9.53 Å². The lowest BCUT2D eigenvalue weighted by Gasteiger charge is -2.25. The molecule has 1 amide bonds. The lowest BCUT2D eigenvalue weighted by atomic mass is 9.85. The molecule has 0 aromatic rings. The fourth-order valence-corrected chi connectivity index (χ4v) is 1.56. The first-order valence-corrected chi connectivity index (χ1v) is 5.34. The molecule has 1 saturated heterocycles. The molecule has 1 heterocycles. The summed E-state index contributed by atoms with van der Waals surface area (Å²) in [6.07, 6.45) is 4.85. The zero-order valence-corrected chi connectivity index (χ0v) is 9.45. The van der Waals surface area contributed by atoms with Gasteiger partial charge in [0.15, 0.2) is 0 Å². The number of nitrogens with two attached hydrogens (primary N) is 1. The summed E-state index contributed by atoms with van der Waals surface area (Å²) in [5, 5.41) is 2.88. The predicted molar refractivity (Wildman–Crippen MR) is 59.3 cm³/mol. The van der Waals surface area contributed by atoms with Gasteiger partial charge in [0.05, 0.1) is 18.6 Å². The molecule has 2 atom stereocenters. The molecule has 0 aromatic carbocycles. The van der Waals surface area contributed by atoms with Crippen molar-refractivity contribution in [3.05, 3.63) is 12.2 Å². The van der Waals surface area contributed by atoms with Gasteiger partial charge in [0.25, 0.3) is 0 Å². The second-order valence-corrected chi connectivity index (χ2v) is 4.15. The summed E-state index contributed by atoms with van der Waals surface area (Å²) in [6, 6.07) is -0.195. The van der Waals surface area contributed by atoms with Crippen molar-refractivity contribution >= 4 is 5.91 Å². The van der Waals surface area contributed by atoms with Crippen molar-refractivity contribution in [3.63, 3.8) is 0 Å². The van der Waals surface area contributed by atoms with Gasteiger partial charge in [0.2, 0.25) is 5.91 Å². The molecular weight excluding hydrogens is 192 g/mol. The summed E-state index contributed by atoms with van der Waals surface area (Å²) in [4.78, 5) is 11.8. The quantitative estimate of drug-likeness (QED) is 0.525. The summed E-state index contributed by atoms with van der Waals surface area (Å²) >= 11 is 0. The molecule has 1 fully saturated rings. The van der Waals surface area contributed by atoms with E-state index in [-0.39, 0.29) is 11.9 Å². The molecule has 3 N–H and O–H groups in total. The van der Waals surface area contributed by atoms with Gasteiger partial charge in [-0.2, -0.15) is 0 Å². The van der Waals surface area contributed by atoms with E-state index in [2.05, 4.69) is 5.32 Å². The van der Waals surface area contributed by atoms with Gasteiger partial charge >= 0.3 is 0 Å². The molecule has 1 aliphatic heterocycles. The van der Waals surface area contributed by atoms with Crippen molar-refractivity contribution in [2.45, 2.75) is 26.3 Å². The highest BCUT2D eigenvalue weighted by atomic mass is 16.5. The van der Waals surface area contributed by atoms with Crippen molar-refractivity contribution in [1.82, 2.24) is 5.32 Å². The zero-order valence-electron chi connectivity index (χ0n) is 9.45. The average molecular weight is 212 g/mol. The number of ether oxygens (including phenoxy) is 1. The summed E-state index contributed by atoms with van der Waals surface area (Å²) in [5.74, 6) is -0.00277. The molecule has 0 saturated carbocycles. The third-order valence-corrected chi connectivity index (χ3v) is 2.87. The average Bonchev–Trinajstić information content (AvgIpc) is 2.55. The fourth-order valence-electron chi connectivity index (χ4n) is 1.56. The van der Waals surface area contributed by atoms with Gasteiger partial charge < -0.3 is 15.8 Å². The van der Waals surface area contributed by atoms with Crippen LogP contribution >= 0.6 is 0 Å². The van der Waals surface area contributed by atoms with Crippen LogP contribution in [0.5, 0.6) is 0 Å². The van der Waals surface area contributed by atoms with E-state index in [1.807, 2.05) is 26.0 Å². The van der Waals surface area contributed by atoms with E-state index < -0.39 is 5.41 Å². The van der Waals surface area contributed by atoms with E-state index in [4.69, 9.17) is 10.5 Å². The highest BCUT2D eigenvalue weighted by molar-refractivity contribution is 5.83. The molecule has 1 aliphatic rings. The fraction of sp³-hybridized carbons (Fsp3) is 0.727. The molecule has 86 valence electrons. The highest BCUT2D eigenvalue weighted by Gasteiger charge is 2.43. The largest absolute Gasteiger partial charge is 0.379 e. The summed E-state index contributed by atoms with van der Waals surface area (Å²) in [6.45, 7) is 5.37. The van der Waals surface area contributed by atoms with Crippen LogP contribution in [-0.2, 0) is 9.53 Å². The number of allylic oxidation sites excluding steroid dienone is 1. The van der Waals surface area contributed by atoms with E-state index in [1.165, 1.54) is 0 Å². The molecule has 15 heavy (non-hydrogen) atoms. The lowest BCUT2D eigenvalue weighted by Crippen LogP contribution is -2.50. The molecule has 4 heteroatoms. The Morgan fingerprint density at radius 2 is 2.47 bits per heavy atom. The number of hydrogen-bond acceptors (Lipinski definition) is 3. The first kappa shape index (κ1) is 12.2. The number of carbonyl (C=O) groups excluding carboxylic acids is 1. The van der Waals surface area contributed by atoms with Gasteiger partial charge in [0.1, 0.15) is 0 Å². The third kappa shape index (κ3) is 2.79. The van der Waals surface area contributed by atoms with E-state index in [1.54, 1.807) is 0 Å². The highest BCUT2D eigenvalue weighted by Crippen LogP contribution is 2.26. The molecule has 0 spiro atoms. The van der Waals surface area contributed by atoms with E-state index in [0.29, 0.717) is 19.8 Å². The van der Waals surface area contributed by atoms with Crippen LogP contribution in [0, 0.1) is 5.41 Å². The Hall–Kier alpha value is -0.870. The summed E-state index contributed by atoms with van der Waals surface area (Å²) < 4.78 is 5.22. The monoisotopic (exact) mass is 212 g/mol. The maximum atomic E-state index is 11.8. The minimum Gasteiger partial charge on any atom is -0.379 e. The Labute approximate surface area is 90.9 Å². The van der Waals surface area contributed by atoms with Crippen molar-refractivity contribution in [3.8, 4) is 0 Å². The maximum Gasteiger partial charge on any atom is 0.229 e. The number of hydrogen-bond donors (Lipinski definition) is 2. The zero-order chi connectivity index (χ0) is 11.3. The first-order valence-electron chi connectivity index (χ1n) is 5.34. The van der Waals surface area contributed by atoms with Gasteiger partial charge in [-0.05, 0) is 20.3 Å². The van der Waals surface area contributed by atoms with Crippen LogP contribution in [0.1, 0.15) is 20.3 Å². The van der Waals surface area contributed by atoms with Crippen LogP contribution in [0.2, 0.25) is 0 Å². The van der Waals surface area contributed by atoms with Crippen molar-refractivity contribution in [2.24, 2.45) is 11.1 Å². The van der Waals surface area contributed by atoms with Gasteiger partial charge in [-0.15, -0.1) is 0 Å². The van der Waals surface area contributed by atoms with Crippen LogP contribution in [0.4, 0.5) is 0 Å². The third-order valence-electron chi connectivity index (χ3n) is 2.87. The molecule has 0 radical (unpaired) electrons. The Bertz CT molecular complexity index is 253. The standard InChI is InChI=1S/C11H20N2O2/c1-3-4-5-6-13-10(14)11(2)8-15-7-9(11)12/h3-4,9H,5-8,12H2,1-2H3,(H,13,14)/b4-3+. The normalized spacial score (nSPS) is 31.0. The molecule has 2 unspecified atom stereocenters. The van der Waals surface area contributed by atoms with Crippen LogP contribution < -0.4 is 11.1 Å². The minimum atomic E-state index is -0.560. The van der Waals surface area contributed by atoms with Crippen molar-refractivity contribution in [1.29, 1.82) is 0 Å². The van der Waals surface area contributed by atoms with Crippen LogP contribution in [0.3, 0.4) is 0 Å². The van der Waals surface area contributed by atoms with Crippen LogP contribution in [0.25, 0.3) is 0 Å². The van der Waals surface area contributed by atoms with E-state index in [9.17, 15) is 4.79 Å². The topological polar surface area (TPSA) is 64.3 Å². The van der Waals surface area contributed by atoms with E-state index >= 15 is 0 Å². The van der Waals surface area contributed by atoms with Crippen LogP contribution in [-0.4, -0.2) is 31.7 Å². The Kier molecular flexibility index (Phi) is 4.29. The number of rotatable bonds is 4. The molecule has 0 aromatic heterocycles. The second-order valence-electron chi connectivity index (χ2n) is 4.15. The molecule has 4 nitrogen and oxygen atoms in total. The SMILES string of the molecule is C/C=C/CCNC(=O)C1(C)COCC1N. The molecule has 0 bridgehead atoms. The minimum absolute atomic E-state index is 0.00277. The van der Waals surface area contributed by atoms with Gasteiger partial charge in [0, 0.05) is 12.6 Å². The molecule has 0 aliphatic carbocycles. The van der Waals surface area contributed by atoms with Gasteiger partial charge in [-0.25, -0.2) is 0 Å². The molecular formula is C11H20N2O2. The second kappa shape index (κ2) is 5.28. The lowest BCUT2D eigenvalue weighted by molar-refractivity contribution is -0.130. The van der Waals surface area contributed by atoms with Crippen LogP contribution in [0.15, 0.2) is 12.2 Å². The number of amides is 1. The van der Waals surface area contributed by atoms with Gasteiger partial charge in [-0.1, -0.05) is 12.2 Å². The Morgan fingerprint density at radius 1 is 1.73 bits per heavy atom. The van der Waals surface area contributed by atoms with Gasteiger partial charge in [-0.3, -0.25) is 4.79 Å². The number of carbonyl (C=O) groups is 1.